The Hall–Kier alpha value is -1.26. The van der Waals surface area contributed by atoms with E-state index >= 15 is 0 Å². The molecule has 0 aliphatic carbocycles. The minimum atomic E-state index is -0.0571. The van der Waals surface area contributed by atoms with E-state index < -0.39 is 0 Å². The lowest BCUT2D eigenvalue weighted by Gasteiger charge is -2.29. The number of halogens is 1. The molecule has 0 saturated heterocycles. The van der Waals surface area contributed by atoms with Gasteiger partial charge in [0, 0.05) is 13.6 Å². The van der Waals surface area contributed by atoms with Crippen LogP contribution < -0.4 is 10.5 Å². The zero-order valence-corrected chi connectivity index (χ0v) is 15.1. The highest BCUT2D eigenvalue weighted by Gasteiger charge is 2.20. The second-order valence-electron chi connectivity index (χ2n) is 6.49. The van der Waals surface area contributed by atoms with Crippen molar-refractivity contribution in [2.24, 2.45) is 11.1 Å². The number of hydrogen-bond acceptors (Lipinski definition) is 3. The van der Waals surface area contributed by atoms with Crippen molar-refractivity contribution in [3.8, 4) is 5.75 Å². The molecule has 0 bridgehead atoms. The van der Waals surface area contributed by atoms with Crippen LogP contribution in [0.1, 0.15) is 31.4 Å². The number of aryl methyl sites for hydroxylation is 2. The van der Waals surface area contributed by atoms with Crippen LogP contribution in [-0.4, -0.2) is 37.6 Å². The van der Waals surface area contributed by atoms with E-state index in [-0.39, 0.29) is 23.7 Å². The first-order chi connectivity index (χ1) is 9.75. The Balaban J connectivity index is 0.00000441. The maximum atomic E-state index is 12.1. The summed E-state index contributed by atoms with van der Waals surface area (Å²) in [6, 6.07) is 6.08. The van der Waals surface area contributed by atoms with Gasteiger partial charge in [0.15, 0.2) is 0 Å². The van der Waals surface area contributed by atoms with Crippen molar-refractivity contribution >= 4 is 18.3 Å². The number of rotatable bonds is 7. The van der Waals surface area contributed by atoms with Gasteiger partial charge in [0.1, 0.15) is 5.75 Å². The number of ether oxygens (including phenoxy) is 1. The van der Waals surface area contributed by atoms with Crippen molar-refractivity contribution < 1.29 is 9.53 Å². The molecule has 0 fully saturated rings. The number of carbonyl (C=O) groups excluding carboxylic acids is 1. The molecule has 0 aromatic heterocycles. The Morgan fingerprint density at radius 3 is 2.55 bits per heavy atom. The van der Waals surface area contributed by atoms with Gasteiger partial charge in [-0.3, -0.25) is 4.79 Å². The largest absolute Gasteiger partial charge is 0.493 e. The van der Waals surface area contributed by atoms with E-state index in [1.807, 2.05) is 33.0 Å². The first kappa shape index (κ1) is 20.7. The summed E-state index contributed by atoms with van der Waals surface area (Å²) < 4.78 is 5.72. The van der Waals surface area contributed by atoms with Crippen molar-refractivity contribution in [2.45, 2.75) is 34.1 Å². The van der Waals surface area contributed by atoms with E-state index in [4.69, 9.17) is 10.5 Å². The second kappa shape index (κ2) is 9.01. The molecular formula is C17H29ClN2O2. The van der Waals surface area contributed by atoms with Crippen molar-refractivity contribution in [1.29, 1.82) is 0 Å². The summed E-state index contributed by atoms with van der Waals surface area (Å²) in [6.45, 7) is 9.77. The molecule has 0 saturated carbocycles. The molecule has 126 valence electrons. The SMILES string of the molecule is Cc1ccc(C)c(OCCC(=O)N(C)CC(C)(C)CN)c1.Cl. The predicted molar refractivity (Wildman–Crippen MR) is 93.7 cm³/mol. The molecule has 5 heteroatoms. The van der Waals surface area contributed by atoms with Gasteiger partial charge >= 0.3 is 0 Å². The van der Waals surface area contributed by atoms with E-state index in [0.29, 0.717) is 26.1 Å². The fourth-order valence-electron chi connectivity index (χ4n) is 2.10. The van der Waals surface area contributed by atoms with Crippen molar-refractivity contribution in [3.63, 3.8) is 0 Å². The van der Waals surface area contributed by atoms with Gasteiger partial charge < -0.3 is 15.4 Å². The summed E-state index contributed by atoms with van der Waals surface area (Å²) >= 11 is 0. The van der Waals surface area contributed by atoms with Crippen LogP contribution in [0.3, 0.4) is 0 Å². The van der Waals surface area contributed by atoms with Crippen molar-refractivity contribution in [2.75, 3.05) is 26.7 Å². The number of amides is 1. The lowest BCUT2D eigenvalue weighted by Crippen LogP contribution is -2.40. The summed E-state index contributed by atoms with van der Waals surface area (Å²) in [5, 5.41) is 0. The maximum Gasteiger partial charge on any atom is 0.225 e. The van der Waals surface area contributed by atoms with Crippen LogP contribution in [0.4, 0.5) is 0 Å². The van der Waals surface area contributed by atoms with E-state index in [9.17, 15) is 4.79 Å². The summed E-state index contributed by atoms with van der Waals surface area (Å²) in [5.74, 6) is 0.939. The molecule has 0 atom stereocenters. The maximum absolute atomic E-state index is 12.1. The minimum Gasteiger partial charge on any atom is -0.493 e. The molecule has 0 aliphatic rings. The number of carbonyl (C=O) groups is 1. The third-order valence-electron chi connectivity index (χ3n) is 3.56. The Labute approximate surface area is 140 Å². The summed E-state index contributed by atoms with van der Waals surface area (Å²) in [7, 11) is 1.82. The quantitative estimate of drug-likeness (QED) is 0.837. The van der Waals surface area contributed by atoms with Crippen molar-refractivity contribution in [1.82, 2.24) is 4.90 Å². The molecule has 0 heterocycles. The van der Waals surface area contributed by atoms with Crippen LogP contribution in [0.5, 0.6) is 5.75 Å². The molecule has 0 spiro atoms. The standard InChI is InChI=1S/C17H28N2O2.ClH/c1-13-6-7-14(2)15(10-13)21-9-8-16(20)19(5)12-17(3,4)11-18;/h6-7,10H,8-9,11-12,18H2,1-5H3;1H. The zero-order valence-electron chi connectivity index (χ0n) is 14.3. The molecule has 22 heavy (non-hydrogen) atoms. The van der Waals surface area contributed by atoms with Gasteiger partial charge in [-0.1, -0.05) is 26.0 Å². The lowest BCUT2D eigenvalue weighted by atomic mass is 9.93. The van der Waals surface area contributed by atoms with E-state index in [1.165, 1.54) is 0 Å². The van der Waals surface area contributed by atoms with Gasteiger partial charge in [-0.15, -0.1) is 12.4 Å². The Kier molecular flexibility index (Phi) is 8.49. The van der Waals surface area contributed by atoms with Gasteiger partial charge in [-0.05, 0) is 43.0 Å². The van der Waals surface area contributed by atoms with Gasteiger partial charge in [-0.2, -0.15) is 0 Å². The van der Waals surface area contributed by atoms with Gasteiger partial charge in [0.05, 0.1) is 13.0 Å². The van der Waals surface area contributed by atoms with Crippen LogP contribution in [0.25, 0.3) is 0 Å². The highest BCUT2D eigenvalue weighted by atomic mass is 35.5. The average Bonchev–Trinajstić information content (AvgIpc) is 2.42. The van der Waals surface area contributed by atoms with Crippen molar-refractivity contribution in [3.05, 3.63) is 29.3 Å². The van der Waals surface area contributed by atoms with Gasteiger partial charge in [0.25, 0.3) is 0 Å². The zero-order chi connectivity index (χ0) is 16.0. The number of nitrogens with two attached hydrogens (primary N) is 1. The number of nitrogens with zero attached hydrogens (tertiary/aromatic N) is 1. The molecule has 4 nitrogen and oxygen atoms in total. The Morgan fingerprint density at radius 1 is 1.32 bits per heavy atom. The molecule has 1 aromatic rings. The fraction of sp³-hybridized carbons (Fsp3) is 0.588. The fourth-order valence-corrected chi connectivity index (χ4v) is 2.10. The van der Waals surface area contributed by atoms with E-state index in [0.717, 1.165) is 16.9 Å². The number of hydrogen-bond donors (Lipinski definition) is 1. The lowest BCUT2D eigenvalue weighted by molar-refractivity contribution is -0.131. The molecule has 1 rings (SSSR count). The third kappa shape index (κ3) is 6.67. The van der Waals surface area contributed by atoms with Crippen LogP contribution in [-0.2, 0) is 4.79 Å². The van der Waals surface area contributed by atoms with Crippen LogP contribution in [0.15, 0.2) is 18.2 Å². The van der Waals surface area contributed by atoms with Crippen LogP contribution in [0.2, 0.25) is 0 Å². The molecule has 0 radical (unpaired) electrons. The normalized spacial score (nSPS) is 10.8. The minimum absolute atomic E-state index is 0. The topological polar surface area (TPSA) is 55.6 Å². The third-order valence-corrected chi connectivity index (χ3v) is 3.56. The Bertz CT molecular complexity index is 490. The van der Waals surface area contributed by atoms with Gasteiger partial charge in [-0.25, -0.2) is 0 Å². The molecule has 0 unspecified atom stereocenters. The first-order valence-electron chi connectivity index (χ1n) is 7.39. The Morgan fingerprint density at radius 2 is 1.95 bits per heavy atom. The predicted octanol–water partition coefficient (Wildman–Crippen LogP) is 2.94. The second-order valence-corrected chi connectivity index (χ2v) is 6.49. The van der Waals surface area contributed by atoms with Crippen LogP contribution in [0, 0.1) is 19.3 Å². The van der Waals surface area contributed by atoms with Gasteiger partial charge in [0.2, 0.25) is 5.91 Å². The summed E-state index contributed by atoms with van der Waals surface area (Å²) in [6.07, 6.45) is 0.379. The van der Waals surface area contributed by atoms with E-state index in [1.54, 1.807) is 4.90 Å². The number of benzene rings is 1. The summed E-state index contributed by atoms with van der Waals surface area (Å²) in [5.41, 5.74) is 7.89. The summed E-state index contributed by atoms with van der Waals surface area (Å²) in [4.78, 5) is 13.8. The molecule has 1 aromatic carbocycles. The smallest absolute Gasteiger partial charge is 0.225 e. The average molecular weight is 329 g/mol. The monoisotopic (exact) mass is 328 g/mol. The highest BCUT2D eigenvalue weighted by Crippen LogP contribution is 2.19. The first-order valence-corrected chi connectivity index (χ1v) is 7.39. The highest BCUT2D eigenvalue weighted by molar-refractivity contribution is 5.85. The molecular weight excluding hydrogens is 300 g/mol. The molecule has 0 aliphatic heterocycles. The van der Waals surface area contributed by atoms with E-state index in [2.05, 4.69) is 19.9 Å². The van der Waals surface area contributed by atoms with Crippen LogP contribution >= 0.6 is 12.4 Å². The molecule has 2 N–H and O–H groups in total. The molecule has 1 amide bonds.